The average Bonchev–Trinajstić information content (AvgIpc) is 3.16. The van der Waals surface area contributed by atoms with E-state index >= 15 is 0 Å². The Morgan fingerprint density at radius 2 is 1.57 bits per heavy atom. The number of amidine groups is 1. The summed E-state index contributed by atoms with van der Waals surface area (Å²) in [6.45, 7) is 7.93. The second-order valence-electron chi connectivity index (χ2n) is 12.3. The van der Waals surface area contributed by atoms with Gasteiger partial charge in [-0.05, 0) is 46.6 Å². The molecule has 1 aromatic heterocycles. The lowest BCUT2D eigenvalue weighted by molar-refractivity contribution is -0.137. The van der Waals surface area contributed by atoms with Crippen LogP contribution in [0.25, 0.3) is 0 Å². The van der Waals surface area contributed by atoms with Gasteiger partial charge in [0.1, 0.15) is 17.6 Å². The number of benzene rings is 3. The second-order valence-corrected chi connectivity index (χ2v) is 17.0. The van der Waals surface area contributed by atoms with Crippen molar-refractivity contribution in [3.05, 3.63) is 119 Å². The molecule has 2 atom stereocenters. The van der Waals surface area contributed by atoms with Gasteiger partial charge in [-0.3, -0.25) is 15.0 Å². The number of nitrogens with one attached hydrogen (secondary N) is 1. The lowest BCUT2D eigenvalue weighted by atomic mass is 10.0. The minimum atomic E-state index is -4.76. The number of pyridine rings is 1. The van der Waals surface area contributed by atoms with Crippen molar-refractivity contribution in [2.24, 2.45) is 9.98 Å². The Kier molecular flexibility index (Phi) is 10.0. The standard InChI is InChI=1S/C35H35ClF4N4O2Si/c1-22-33(44-28-18-17-26(35(38,39)40)30(36)29(28)32(43-22)31-27(37)16-11-19-41-31)42-20-23(45)21-46-47(34(2,3)4,24-12-7-5-8-13-24)25-14-9-6-10-15-25/h5-19,22-23,45H,20-21H2,1-4H3,(H,42,44). The maximum absolute atomic E-state index is 15.0. The lowest BCUT2D eigenvalue weighted by Gasteiger charge is -2.43. The molecule has 4 aromatic rings. The molecule has 0 saturated heterocycles. The monoisotopic (exact) mass is 682 g/mol. The van der Waals surface area contributed by atoms with E-state index in [1.807, 2.05) is 36.4 Å². The molecule has 0 fully saturated rings. The number of fused-ring (bicyclic) bond motifs is 1. The van der Waals surface area contributed by atoms with Gasteiger partial charge < -0.3 is 14.8 Å². The van der Waals surface area contributed by atoms with Gasteiger partial charge in [0.25, 0.3) is 8.32 Å². The Balaban J connectivity index is 1.48. The first-order valence-electron chi connectivity index (χ1n) is 15.1. The summed E-state index contributed by atoms with van der Waals surface area (Å²) in [7, 11) is -2.92. The summed E-state index contributed by atoms with van der Waals surface area (Å²) in [5, 5.41) is 15.4. The predicted molar refractivity (Wildman–Crippen MR) is 181 cm³/mol. The number of aromatic nitrogens is 1. The van der Waals surface area contributed by atoms with Gasteiger partial charge in [-0.25, -0.2) is 4.39 Å². The topological polar surface area (TPSA) is 79.1 Å². The van der Waals surface area contributed by atoms with Crippen molar-refractivity contribution in [1.29, 1.82) is 0 Å². The first-order valence-corrected chi connectivity index (χ1v) is 17.4. The quantitative estimate of drug-likeness (QED) is 0.157. The largest absolute Gasteiger partial charge is 0.417 e. The normalized spacial score (nSPS) is 17.0. The Morgan fingerprint density at radius 1 is 0.957 bits per heavy atom. The smallest absolute Gasteiger partial charge is 0.405 e. The number of hydrogen-bond donors (Lipinski definition) is 2. The van der Waals surface area contributed by atoms with E-state index in [1.165, 1.54) is 18.3 Å². The summed E-state index contributed by atoms with van der Waals surface area (Å²) >= 11 is 6.34. The Morgan fingerprint density at radius 3 is 2.13 bits per heavy atom. The number of hydrogen-bond acceptors (Lipinski definition) is 5. The van der Waals surface area contributed by atoms with Crippen LogP contribution in [0.5, 0.6) is 0 Å². The highest BCUT2D eigenvalue weighted by Crippen LogP contribution is 2.41. The molecule has 0 aliphatic carbocycles. The van der Waals surface area contributed by atoms with E-state index in [4.69, 9.17) is 16.0 Å². The minimum absolute atomic E-state index is 0.0243. The molecule has 3 aromatic carbocycles. The van der Waals surface area contributed by atoms with Crippen molar-refractivity contribution in [2.75, 3.05) is 18.5 Å². The fraction of sp³-hybridized carbons (Fsp3) is 0.286. The molecule has 246 valence electrons. The average molecular weight is 683 g/mol. The van der Waals surface area contributed by atoms with E-state index in [9.17, 15) is 22.7 Å². The van der Waals surface area contributed by atoms with Gasteiger partial charge in [0.15, 0.2) is 5.82 Å². The zero-order valence-electron chi connectivity index (χ0n) is 26.3. The van der Waals surface area contributed by atoms with E-state index < -0.39 is 43.0 Å². The Bertz CT molecular complexity index is 1740. The van der Waals surface area contributed by atoms with E-state index in [2.05, 4.69) is 65.3 Å². The maximum Gasteiger partial charge on any atom is 0.417 e. The highest BCUT2D eigenvalue weighted by Gasteiger charge is 2.50. The molecule has 0 saturated carbocycles. The fourth-order valence-corrected chi connectivity index (χ4v) is 10.8. The third-order valence-electron chi connectivity index (χ3n) is 8.03. The first kappa shape index (κ1) is 34.4. The number of aliphatic hydroxyl groups is 1. The highest BCUT2D eigenvalue weighted by atomic mass is 35.5. The van der Waals surface area contributed by atoms with E-state index in [0.717, 1.165) is 22.5 Å². The van der Waals surface area contributed by atoms with Crippen LogP contribution in [0.1, 0.15) is 44.5 Å². The summed E-state index contributed by atoms with van der Waals surface area (Å²) in [6.07, 6.45) is -4.47. The Labute approximate surface area is 277 Å². The van der Waals surface area contributed by atoms with Crippen LogP contribution in [-0.4, -0.2) is 55.3 Å². The van der Waals surface area contributed by atoms with Crippen LogP contribution in [0.15, 0.2) is 101 Å². The minimum Gasteiger partial charge on any atom is -0.405 e. The predicted octanol–water partition coefficient (Wildman–Crippen LogP) is 6.88. The molecule has 0 spiro atoms. The van der Waals surface area contributed by atoms with Crippen molar-refractivity contribution in [1.82, 2.24) is 4.98 Å². The number of alkyl halides is 3. The zero-order chi connectivity index (χ0) is 34.0. The van der Waals surface area contributed by atoms with Crippen molar-refractivity contribution >= 4 is 47.5 Å². The van der Waals surface area contributed by atoms with Crippen molar-refractivity contribution < 1.29 is 27.1 Å². The zero-order valence-corrected chi connectivity index (χ0v) is 28.1. The molecule has 0 radical (unpaired) electrons. The maximum atomic E-state index is 15.0. The molecule has 2 N–H and O–H groups in total. The number of rotatable bonds is 8. The second kappa shape index (κ2) is 13.7. The molecule has 12 heteroatoms. The fourth-order valence-electron chi connectivity index (χ4n) is 5.84. The van der Waals surface area contributed by atoms with Gasteiger partial charge in [0, 0.05) is 11.8 Å². The molecular formula is C35H35ClF4N4O2Si. The lowest BCUT2D eigenvalue weighted by Crippen LogP contribution is -2.67. The first-order chi connectivity index (χ1) is 22.2. The SMILES string of the molecule is CC1N=C(c2ncccc2F)c2c(ccc(C(F)(F)F)c2Cl)NC1=NCC(O)CO[Si](c1ccccc1)(c1ccccc1)C(C)(C)C. The number of anilines is 1. The summed E-state index contributed by atoms with van der Waals surface area (Å²) in [4.78, 5) is 13.2. The molecule has 1 aliphatic heterocycles. The van der Waals surface area contributed by atoms with Gasteiger partial charge in [-0.15, -0.1) is 0 Å². The molecule has 0 amide bonds. The number of benzodiazepines with no additional fused rings is 1. The third kappa shape index (κ3) is 7.03. The van der Waals surface area contributed by atoms with Crippen LogP contribution >= 0.6 is 11.6 Å². The molecule has 2 unspecified atom stereocenters. The van der Waals surface area contributed by atoms with Gasteiger partial charge in [-0.2, -0.15) is 13.2 Å². The van der Waals surface area contributed by atoms with Crippen molar-refractivity contribution in [2.45, 2.75) is 51.1 Å². The van der Waals surface area contributed by atoms with Crippen molar-refractivity contribution in [3.63, 3.8) is 0 Å². The van der Waals surface area contributed by atoms with Crippen LogP contribution in [-0.2, 0) is 10.6 Å². The van der Waals surface area contributed by atoms with E-state index in [0.29, 0.717) is 0 Å². The summed E-state index contributed by atoms with van der Waals surface area (Å²) in [5.41, 5.74) is -1.48. The molecule has 47 heavy (non-hydrogen) atoms. The van der Waals surface area contributed by atoms with Crippen LogP contribution in [0, 0.1) is 5.82 Å². The van der Waals surface area contributed by atoms with E-state index in [1.54, 1.807) is 6.92 Å². The summed E-state index contributed by atoms with van der Waals surface area (Å²) in [6, 6.07) is 23.8. The van der Waals surface area contributed by atoms with Crippen LogP contribution in [0.4, 0.5) is 23.2 Å². The van der Waals surface area contributed by atoms with Gasteiger partial charge in [0.2, 0.25) is 0 Å². The third-order valence-corrected chi connectivity index (χ3v) is 13.4. The molecule has 1 aliphatic rings. The highest BCUT2D eigenvalue weighted by molar-refractivity contribution is 6.99. The number of aliphatic hydroxyl groups excluding tert-OH is 1. The number of nitrogens with zero attached hydrogens (tertiary/aromatic N) is 3. The van der Waals surface area contributed by atoms with Gasteiger partial charge in [0.05, 0.1) is 41.2 Å². The molecular weight excluding hydrogens is 648 g/mol. The van der Waals surface area contributed by atoms with E-state index in [-0.39, 0.29) is 46.7 Å². The van der Waals surface area contributed by atoms with Crippen molar-refractivity contribution in [3.8, 4) is 0 Å². The number of halogens is 5. The number of aliphatic imine (C=N–C) groups is 2. The van der Waals surface area contributed by atoms with Crippen LogP contribution in [0.3, 0.4) is 0 Å². The molecule has 0 bridgehead atoms. The summed E-state index contributed by atoms with van der Waals surface area (Å²) < 4.78 is 63.3. The van der Waals surface area contributed by atoms with Gasteiger partial charge >= 0.3 is 6.18 Å². The Hall–Kier alpha value is -3.90. The van der Waals surface area contributed by atoms with Gasteiger partial charge in [-0.1, -0.05) is 93.0 Å². The van der Waals surface area contributed by atoms with Crippen LogP contribution in [0.2, 0.25) is 10.1 Å². The summed E-state index contributed by atoms with van der Waals surface area (Å²) in [5.74, 6) is -0.521. The van der Waals surface area contributed by atoms with Crippen LogP contribution < -0.4 is 15.7 Å². The molecule has 6 nitrogen and oxygen atoms in total. The molecule has 5 rings (SSSR count). The molecule has 2 heterocycles.